The van der Waals surface area contributed by atoms with Crippen molar-refractivity contribution in [1.29, 1.82) is 0 Å². The van der Waals surface area contributed by atoms with E-state index in [1.54, 1.807) is 22.3 Å². The molecule has 0 amide bonds. The van der Waals surface area contributed by atoms with E-state index in [2.05, 4.69) is 111 Å². The van der Waals surface area contributed by atoms with Crippen molar-refractivity contribution in [2.75, 3.05) is 0 Å². The standard InChI is InChI=1S/2C24H27.C3H6.2ClH.Ti/c2*1-2-7-18-12-14-20(15-13-18)23-11-6-10-21-16-22(17-24(21)23)19-8-4-3-5-9-19;1-3-2;;;/h2*6,10-17,19H,2-5,7-9H2,1H3;1-3H2;2*1H;/q;;;;;+2/p-2. The zero-order valence-electron chi connectivity index (χ0n) is 32.8. The predicted octanol–water partition coefficient (Wildman–Crippen LogP) is 9.06. The molecule has 0 aromatic heterocycles. The molecular formula is C51H60Cl2Ti. The summed E-state index contributed by atoms with van der Waals surface area (Å²) in [7, 11) is 0. The number of benzene rings is 4. The molecule has 2 unspecified atom stereocenters. The minimum Gasteiger partial charge on any atom is -1.00 e. The van der Waals surface area contributed by atoms with Gasteiger partial charge >= 0.3 is 320 Å². The van der Waals surface area contributed by atoms with E-state index >= 15 is 0 Å². The van der Waals surface area contributed by atoms with Crippen molar-refractivity contribution in [3.8, 4) is 22.3 Å². The molecule has 1 aliphatic heterocycles. The monoisotopic (exact) mass is 790 g/mol. The van der Waals surface area contributed by atoms with Crippen LogP contribution >= 0.6 is 0 Å². The number of fused-ring (bicyclic) bond motifs is 2. The molecule has 3 fully saturated rings. The van der Waals surface area contributed by atoms with Gasteiger partial charge in [-0.1, -0.05) is 0 Å². The smallest absolute Gasteiger partial charge is 1.00 e. The van der Waals surface area contributed by atoms with Crippen LogP contribution < -0.4 is 24.8 Å². The Labute approximate surface area is 342 Å². The van der Waals surface area contributed by atoms with E-state index in [1.165, 1.54) is 139 Å². The van der Waals surface area contributed by atoms with Gasteiger partial charge < -0.3 is 24.8 Å². The van der Waals surface area contributed by atoms with Crippen molar-refractivity contribution in [3.63, 3.8) is 0 Å². The molecule has 54 heavy (non-hydrogen) atoms. The van der Waals surface area contributed by atoms with E-state index in [9.17, 15) is 0 Å². The number of hydrogen-bond donors (Lipinski definition) is 0. The summed E-state index contributed by atoms with van der Waals surface area (Å²) < 4.78 is 4.47. The van der Waals surface area contributed by atoms with Crippen LogP contribution in [-0.4, -0.2) is 0 Å². The first kappa shape index (κ1) is 39.9. The van der Waals surface area contributed by atoms with Crippen molar-refractivity contribution in [2.45, 2.75) is 128 Å². The van der Waals surface area contributed by atoms with Crippen molar-refractivity contribution in [1.82, 2.24) is 0 Å². The molecule has 5 aliphatic rings. The van der Waals surface area contributed by atoms with Crippen LogP contribution in [0, 0.1) is 11.8 Å². The minimum absolute atomic E-state index is 0. The first-order chi connectivity index (χ1) is 25.7. The number of halogens is 2. The SMILES string of the molecule is CCCc1ccc(-c2cccc3c2C=C(C2CCCCC2)[CH]3[Ti+2]2([CH]3C(C4CCCCC4)=Cc4c(-c5ccc(CCC)cc5)cccc43)[CH2]C[CH2]2)cc1.[Cl-].[Cl-]. The van der Waals surface area contributed by atoms with E-state index in [1.807, 2.05) is 11.1 Å². The largest absolute Gasteiger partial charge is 1.00 e. The second-order valence-electron chi connectivity index (χ2n) is 17.4. The normalized spacial score (nSPS) is 21.3. The van der Waals surface area contributed by atoms with Crippen LogP contribution in [0.3, 0.4) is 0 Å². The zero-order chi connectivity index (χ0) is 35.1. The second-order valence-corrected chi connectivity index (χ2v) is 24.6. The summed E-state index contributed by atoms with van der Waals surface area (Å²) in [6.07, 6.45) is 25.9. The van der Waals surface area contributed by atoms with Crippen LogP contribution in [0.5, 0.6) is 0 Å². The van der Waals surface area contributed by atoms with Crippen LogP contribution in [0.25, 0.3) is 34.4 Å². The molecular weight excluding hydrogens is 731 g/mol. The van der Waals surface area contributed by atoms with E-state index in [4.69, 9.17) is 0 Å². The maximum atomic E-state index is 2.81. The van der Waals surface area contributed by atoms with Gasteiger partial charge in [-0.05, 0) is 0 Å². The third-order valence-corrected chi connectivity index (χ3v) is 24.0. The van der Waals surface area contributed by atoms with Gasteiger partial charge in [0.1, 0.15) is 0 Å². The van der Waals surface area contributed by atoms with Crippen molar-refractivity contribution in [3.05, 3.63) is 129 Å². The van der Waals surface area contributed by atoms with Crippen molar-refractivity contribution >= 4 is 12.2 Å². The molecule has 282 valence electrons. The van der Waals surface area contributed by atoms with E-state index in [-0.39, 0.29) is 24.8 Å². The molecule has 0 nitrogen and oxygen atoms in total. The average Bonchev–Trinajstić information content (AvgIpc) is 3.77. The van der Waals surface area contributed by atoms with Gasteiger partial charge in [0, 0.05) is 0 Å². The Morgan fingerprint density at radius 3 is 1.24 bits per heavy atom. The molecule has 4 aliphatic carbocycles. The van der Waals surface area contributed by atoms with Gasteiger partial charge in [0.2, 0.25) is 0 Å². The molecule has 9 rings (SSSR count). The summed E-state index contributed by atoms with van der Waals surface area (Å²) in [6, 6.07) is 34.3. The van der Waals surface area contributed by atoms with Gasteiger partial charge in [-0.2, -0.15) is 0 Å². The number of aryl methyl sites for hydroxylation is 2. The number of rotatable bonds is 10. The van der Waals surface area contributed by atoms with E-state index in [0.717, 1.165) is 11.8 Å². The number of hydrogen-bond acceptors (Lipinski definition) is 0. The average molecular weight is 792 g/mol. The van der Waals surface area contributed by atoms with Crippen LogP contribution in [-0.2, 0) is 29.4 Å². The Morgan fingerprint density at radius 1 is 0.481 bits per heavy atom. The molecule has 0 spiro atoms. The van der Waals surface area contributed by atoms with E-state index < -0.39 is 16.6 Å². The Kier molecular flexibility index (Phi) is 12.9. The van der Waals surface area contributed by atoms with Crippen LogP contribution in [0.4, 0.5) is 0 Å². The molecule has 0 bridgehead atoms. The molecule has 1 heterocycles. The van der Waals surface area contributed by atoms with Gasteiger partial charge in [0.25, 0.3) is 0 Å². The summed E-state index contributed by atoms with van der Waals surface area (Å²) in [5.41, 5.74) is 19.2. The fourth-order valence-corrected chi connectivity index (χ4v) is 21.8. The Balaban J connectivity index is 0.00000225. The minimum atomic E-state index is -2.65. The maximum absolute atomic E-state index is 2.81. The van der Waals surface area contributed by atoms with Crippen LogP contribution in [0.1, 0.15) is 139 Å². The van der Waals surface area contributed by atoms with Gasteiger partial charge in [-0.15, -0.1) is 0 Å². The fourth-order valence-electron chi connectivity index (χ4n) is 11.8. The number of allylic oxidation sites excluding steroid dienone is 2. The quantitative estimate of drug-likeness (QED) is 0.141. The zero-order valence-corrected chi connectivity index (χ0v) is 35.9. The Hall–Kier alpha value is -2.35. The Bertz CT molecular complexity index is 1810. The molecule has 4 aromatic carbocycles. The summed E-state index contributed by atoms with van der Waals surface area (Å²) in [6.45, 7) is 4.58. The summed E-state index contributed by atoms with van der Waals surface area (Å²) >= 11 is -2.65. The van der Waals surface area contributed by atoms with Gasteiger partial charge in [0.05, 0.1) is 0 Å². The summed E-state index contributed by atoms with van der Waals surface area (Å²) in [4.78, 5) is 0. The first-order valence-electron chi connectivity index (χ1n) is 21.6. The van der Waals surface area contributed by atoms with E-state index in [0.29, 0.717) is 8.45 Å². The summed E-state index contributed by atoms with van der Waals surface area (Å²) in [5.74, 6) is 1.54. The molecule has 3 heteroatoms. The third kappa shape index (κ3) is 7.21. The molecule has 0 radical (unpaired) electrons. The summed E-state index contributed by atoms with van der Waals surface area (Å²) in [5, 5.41) is 0. The van der Waals surface area contributed by atoms with Gasteiger partial charge in [0.15, 0.2) is 0 Å². The molecule has 2 atom stereocenters. The first-order valence-corrected chi connectivity index (χ1v) is 25.6. The molecule has 0 N–H and O–H groups in total. The van der Waals surface area contributed by atoms with Crippen molar-refractivity contribution < 1.29 is 41.4 Å². The molecule has 4 aromatic rings. The molecule has 2 saturated carbocycles. The van der Waals surface area contributed by atoms with Crippen molar-refractivity contribution in [2.24, 2.45) is 11.8 Å². The topological polar surface area (TPSA) is 0 Å². The maximum Gasteiger partial charge on any atom is -1.00 e. The van der Waals surface area contributed by atoms with Gasteiger partial charge in [-0.25, -0.2) is 0 Å². The fraction of sp³-hybridized carbons (Fsp3) is 0.451. The second kappa shape index (κ2) is 17.4. The van der Waals surface area contributed by atoms with Crippen LogP contribution in [0.15, 0.2) is 96.1 Å². The predicted molar refractivity (Wildman–Crippen MR) is 221 cm³/mol. The van der Waals surface area contributed by atoms with Crippen LogP contribution in [0.2, 0.25) is 9.45 Å². The van der Waals surface area contributed by atoms with Gasteiger partial charge in [-0.3, -0.25) is 0 Å². The molecule has 1 saturated heterocycles. The Morgan fingerprint density at radius 2 is 0.889 bits per heavy atom. The third-order valence-electron chi connectivity index (χ3n) is 14.4.